The molecule has 70 valence electrons. The summed E-state index contributed by atoms with van der Waals surface area (Å²) in [7, 11) is 0. The van der Waals surface area contributed by atoms with Gasteiger partial charge in [0.25, 0.3) is 0 Å². The van der Waals surface area contributed by atoms with Gasteiger partial charge in [-0.05, 0) is 33.9 Å². The lowest BCUT2D eigenvalue weighted by Crippen LogP contribution is -2.02. The molecule has 0 radical (unpaired) electrons. The molecular weight excluding hydrogens is 281 g/mol. The van der Waals surface area contributed by atoms with Gasteiger partial charge >= 0.3 is 5.97 Å². The number of hydrogen-bond donors (Lipinski definition) is 1. The van der Waals surface area contributed by atoms with Crippen LogP contribution in [0.3, 0.4) is 0 Å². The van der Waals surface area contributed by atoms with E-state index < -0.39 is 5.97 Å². The number of rotatable bonds is 2. The Kier molecular flexibility index (Phi) is 2.66. The van der Waals surface area contributed by atoms with E-state index in [1.54, 1.807) is 6.08 Å². The molecule has 1 saturated carbocycles. The number of carbonyl (C=O) groups is 1. The second kappa shape index (κ2) is 3.29. The average Bonchev–Trinajstić information content (AvgIpc) is 2.53. The molecule has 0 amide bonds. The molecule has 0 aromatic heterocycles. The molecule has 0 bridgehead atoms. The highest BCUT2D eigenvalue weighted by atomic mass is 127. The van der Waals surface area contributed by atoms with Crippen LogP contribution in [0.15, 0.2) is 9.66 Å². The van der Waals surface area contributed by atoms with Crippen LogP contribution in [0.1, 0.15) is 13.8 Å². The predicted molar refractivity (Wildman–Crippen MR) is 56.1 cm³/mol. The van der Waals surface area contributed by atoms with Crippen molar-refractivity contribution in [3.63, 3.8) is 0 Å². The zero-order valence-electron chi connectivity index (χ0n) is 7.41. The first kappa shape index (κ1) is 10.5. The summed E-state index contributed by atoms with van der Waals surface area (Å²) in [5.74, 6) is -1.09. The molecule has 0 spiro atoms. The third kappa shape index (κ3) is 1.85. The average molecular weight is 291 g/mol. The summed E-state index contributed by atoms with van der Waals surface area (Å²) in [6.07, 6.45) is 1.75. The molecule has 0 saturated heterocycles. The molecule has 0 heterocycles. The quantitative estimate of drug-likeness (QED) is 0.626. The van der Waals surface area contributed by atoms with Gasteiger partial charge in [-0.2, -0.15) is 5.26 Å². The van der Waals surface area contributed by atoms with E-state index >= 15 is 0 Å². The van der Waals surface area contributed by atoms with Crippen LogP contribution in [-0.2, 0) is 4.79 Å². The van der Waals surface area contributed by atoms with E-state index in [4.69, 9.17) is 10.4 Å². The minimum Gasteiger partial charge on any atom is -0.481 e. The maximum absolute atomic E-state index is 10.7. The van der Waals surface area contributed by atoms with Crippen molar-refractivity contribution in [3.05, 3.63) is 9.66 Å². The Morgan fingerprint density at radius 1 is 1.69 bits per heavy atom. The van der Waals surface area contributed by atoms with Gasteiger partial charge in [-0.25, -0.2) is 0 Å². The van der Waals surface area contributed by atoms with E-state index in [1.165, 1.54) is 0 Å². The topological polar surface area (TPSA) is 61.1 Å². The molecule has 1 rings (SSSR count). The number of halogens is 1. The minimum atomic E-state index is -0.770. The predicted octanol–water partition coefficient (Wildman–Crippen LogP) is 2.19. The van der Waals surface area contributed by atoms with Crippen molar-refractivity contribution < 1.29 is 9.90 Å². The summed E-state index contributed by atoms with van der Waals surface area (Å²) in [4.78, 5) is 10.7. The number of carboxylic acids is 1. The van der Waals surface area contributed by atoms with Crippen LogP contribution in [0.4, 0.5) is 0 Å². The van der Waals surface area contributed by atoms with E-state index in [0.29, 0.717) is 3.58 Å². The third-order valence-electron chi connectivity index (χ3n) is 2.61. The number of allylic oxidation sites excluding steroid dienone is 2. The van der Waals surface area contributed by atoms with Gasteiger partial charge in [0.15, 0.2) is 0 Å². The van der Waals surface area contributed by atoms with E-state index in [1.807, 2.05) is 42.5 Å². The normalized spacial score (nSPS) is 30.8. The first-order valence-electron chi connectivity index (χ1n) is 3.91. The fraction of sp³-hybridized carbons (Fsp3) is 0.556. The van der Waals surface area contributed by atoms with Crippen LogP contribution in [0.5, 0.6) is 0 Å². The van der Waals surface area contributed by atoms with Crippen molar-refractivity contribution >= 4 is 28.6 Å². The lowest BCUT2D eigenvalue weighted by Gasteiger charge is -1.96. The summed E-state index contributed by atoms with van der Waals surface area (Å²) in [6, 6.07) is 1.99. The molecule has 2 atom stereocenters. The van der Waals surface area contributed by atoms with E-state index in [0.717, 1.165) is 0 Å². The molecule has 1 aliphatic carbocycles. The lowest BCUT2D eigenvalue weighted by atomic mass is 10.1. The second-order valence-electron chi connectivity index (χ2n) is 3.79. The summed E-state index contributed by atoms with van der Waals surface area (Å²) < 4.78 is 0.569. The van der Waals surface area contributed by atoms with Crippen molar-refractivity contribution in [2.45, 2.75) is 13.8 Å². The molecule has 13 heavy (non-hydrogen) atoms. The Hall–Kier alpha value is -0.570. The zero-order chi connectivity index (χ0) is 10.2. The highest BCUT2D eigenvalue weighted by Crippen LogP contribution is 2.59. The molecule has 0 aromatic rings. The maximum atomic E-state index is 10.7. The van der Waals surface area contributed by atoms with Gasteiger partial charge in [0.05, 0.1) is 9.50 Å². The van der Waals surface area contributed by atoms with Gasteiger partial charge in [-0.1, -0.05) is 19.9 Å². The van der Waals surface area contributed by atoms with Gasteiger partial charge in [0.1, 0.15) is 6.07 Å². The van der Waals surface area contributed by atoms with Gasteiger partial charge < -0.3 is 5.11 Å². The highest BCUT2D eigenvalue weighted by Gasteiger charge is 2.60. The Morgan fingerprint density at radius 2 is 2.23 bits per heavy atom. The maximum Gasteiger partial charge on any atom is 0.307 e. The number of nitrogens with zero attached hydrogens (tertiary/aromatic N) is 1. The van der Waals surface area contributed by atoms with Crippen LogP contribution in [0.25, 0.3) is 0 Å². The van der Waals surface area contributed by atoms with Crippen molar-refractivity contribution in [2.75, 3.05) is 0 Å². The number of aliphatic carboxylic acids is 1. The number of carboxylic acid groups (broad SMARTS) is 1. The van der Waals surface area contributed by atoms with Gasteiger partial charge in [-0.3, -0.25) is 4.79 Å². The second-order valence-corrected chi connectivity index (χ2v) is 4.95. The fourth-order valence-corrected chi connectivity index (χ4v) is 2.04. The zero-order valence-corrected chi connectivity index (χ0v) is 9.57. The number of nitriles is 1. The van der Waals surface area contributed by atoms with Crippen LogP contribution < -0.4 is 0 Å². The monoisotopic (exact) mass is 291 g/mol. The van der Waals surface area contributed by atoms with Crippen LogP contribution in [-0.4, -0.2) is 11.1 Å². The molecule has 1 aliphatic rings. The summed E-state index contributed by atoms with van der Waals surface area (Å²) in [5.41, 5.74) is -0.195. The molecule has 0 aromatic carbocycles. The molecule has 1 fully saturated rings. The lowest BCUT2D eigenvalue weighted by molar-refractivity contribution is -0.139. The smallest absolute Gasteiger partial charge is 0.307 e. The standard InChI is InChI=1S/C9H10INO2/c1-9(2)6(3-5(10)4-11)7(9)8(12)13/h3,6-7H,1-2H3,(H,12,13)/b5-3+. The molecular formula is C9H10INO2. The third-order valence-corrected chi connectivity index (χ3v) is 3.21. The Morgan fingerprint density at radius 3 is 2.54 bits per heavy atom. The van der Waals surface area contributed by atoms with Crippen LogP contribution >= 0.6 is 22.6 Å². The van der Waals surface area contributed by atoms with Crippen molar-refractivity contribution in [1.82, 2.24) is 0 Å². The minimum absolute atomic E-state index is 0.0107. The summed E-state index contributed by atoms with van der Waals surface area (Å²) in [6.45, 7) is 3.82. The van der Waals surface area contributed by atoms with Crippen molar-refractivity contribution in [2.24, 2.45) is 17.3 Å². The van der Waals surface area contributed by atoms with E-state index in [2.05, 4.69) is 0 Å². The first-order valence-corrected chi connectivity index (χ1v) is 4.99. The van der Waals surface area contributed by atoms with E-state index in [9.17, 15) is 4.79 Å². The van der Waals surface area contributed by atoms with Crippen molar-refractivity contribution in [3.8, 4) is 6.07 Å². The molecule has 0 aliphatic heterocycles. The Labute approximate surface area is 90.6 Å². The molecule has 2 unspecified atom stereocenters. The van der Waals surface area contributed by atoms with Crippen LogP contribution in [0.2, 0.25) is 0 Å². The fourth-order valence-electron chi connectivity index (χ4n) is 1.66. The summed E-state index contributed by atoms with van der Waals surface area (Å²) >= 11 is 1.92. The molecule has 3 nitrogen and oxygen atoms in total. The van der Waals surface area contributed by atoms with Gasteiger partial charge in [0.2, 0.25) is 0 Å². The first-order chi connectivity index (χ1) is 5.91. The molecule has 4 heteroatoms. The summed E-state index contributed by atoms with van der Waals surface area (Å²) in [5, 5.41) is 17.4. The van der Waals surface area contributed by atoms with Gasteiger partial charge in [0, 0.05) is 0 Å². The van der Waals surface area contributed by atoms with E-state index in [-0.39, 0.29) is 17.3 Å². The largest absolute Gasteiger partial charge is 0.481 e. The van der Waals surface area contributed by atoms with Gasteiger partial charge in [-0.15, -0.1) is 0 Å². The number of hydrogen-bond acceptors (Lipinski definition) is 2. The van der Waals surface area contributed by atoms with Crippen molar-refractivity contribution in [1.29, 1.82) is 5.26 Å². The van der Waals surface area contributed by atoms with Crippen LogP contribution in [0, 0.1) is 28.6 Å². The Balaban J connectivity index is 2.79. The SMILES string of the molecule is CC1(C)C(/C=C(/I)C#N)C1C(=O)O. The molecule has 1 N–H and O–H groups in total. The highest BCUT2D eigenvalue weighted by molar-refractivity contribution is 14.1. The Bertz CT molecular complexity index is 314.